The topological polar surface area (TPSA) is 54.5 Å². The molecular weight excluding hydrogens is 171 g/mol. The van der Waals surface area contributed by atoms with Crippen molar-refractivity contribution in [3.8, 4) is 6.07 Å². The summed E-state index contributed by atoms with van der Waals surface area (Å²) in [5.74, 6) is 0. The maximum Gasteiger partial charge on any atom is 0.158 e. The molecule has 0 saturated carbocycles. The van der Waals surface area contributed by atoms with Crippen molar-refractivity contribution in [2.24, 2.45) is 0 Å². The zero-order valence-electron chi connectivity index (χ0n) is 7.66. The molecule has 4 nitrogen and oxygen atoms in total. The minimum atomic E-state index is -1.24. The highest BCUT2D eigenvalue weighted by Crippen LogP contribution is 2.14. The summed E-state index contributed by atoms with van der Waals surface area (Å²) in [4.78, 5) is 0. The number of nitrogens with zero attached hydrogens (tertiary/aromatic N) is 4. The Labute approximate surface area is 76.0 Å². The van der Waals surface area contributed by atoms with E-state index in [1.807, 2.05) is 6.07 Å². The third-order valence-corrected chi connectivity index (χ3v) is 1.65. The van der Waals surface area contributed by atoms with Crippen molar-refractivity contribution >= 4 is 0 Å². The predicted octanol–water partition coefficient (Wildman–Crippen LogP) is 1.29. The molecule has 0 amide bonds. The zero-order chi connectivity index (χ0) is 9.90. The Morgan fingerprint density at radius 1 is 1.69 bits per heavy atom. The maximum absolute atomic E-state index is 13.1. The number of alkyl halides is 1. The summed E-state index contributed by atoms with van der Waals surface area (Å²) in [5, 5.41) is 15.8. The van der Waals surface area contributed by atoms with Gasteiger partial charge in [-0.15, -0.1) is 5.10 Å². The fourth-order valence-electron chi connectivity index (χ4n) is 0.881. The van der Waals surface area contributed by atoms with Crippen molar-refractivity contribution in [1.82, 2.24) is 15.0 Å². The van der Waals surface area contributed by atoms with Crippen LogP contribution in [0.1, 0.15) is 26.0 Å². The molecule has 0 aromatic carbocycles. The number of hydrogen-bond donors (Lipinski definition) is 0. The predicted molar refractivity (Wildman–Crippen MR) is 44.5 cm³/mol. The SMILES string of the molecule is CC(C)(F)CCn1nncc1C#N. The number of nitriles is 1. The molecule has 5 heteroatoms. The molecular formula is C8H11FN4. The van der Waals surface area contributed by atoms with Crippen molar-refractivity contribution in [2.45, 2.75) is 32.5 Å². The van der Waals surface area contributed by atoms with E-state index in [-0.39, 0.29) is 0 Å². The highest BCUT2D eigenvalue weighted by molar-refractivity contribution is 5.14. The van der Waals surface area contributed by atoms with Crippen LogP contribution in [0.3, 0.4) is 0 Å². The van der Waals surface area contributed by atoms with E-state index < -0.39 is 5.67 Å². The maximum atomic E-state index is 13.1. The average molecular weight is 182 g/mol. The highest BCUT2D eigenvalue weighted by Gasteiger charge is 2.16. The van der Waals surface area contributed by atoms with Gasteiger partial charge in [-0.2, -0.15) is 5.26 Å². The molecule has 70 valence electrons. The Kier molecular flexibility index (Phi) is 2.61. The Morgan fingerprint density at radius 2 is 2.38 bits per heavy atom. The first-order valence-electron chi connectivity index (χ1n) is 4.00. The fourth-order valence-corrected chi connectivity index (χ4v) is 0.881. The summed E-state index contributed by atoms with van der Waals surface area (Å²) in [7, 11) is 0. The second kappa shape index (κ2) is 3.52. The van der Waals surface area contributed by atoms with Crippen molar-refractivity contribution in [1.29, 1.82) is 5.26 Å². The van der Waals surface area contributed by atoms with E-state index in [0.717, 1.165) is 0 Å². The molecule has 0 aliphatic carbocycles. The summed E-state index contributed by atoms with van der Waals surface area (Å²) in [5.41, 5.74) is -0.872. The van der Waals surface area contributed by atoms with Gasteiger partial charge in [0.05, 0.1) is 6.20 Å². The lowest BCUT2D eigenvalue weighted by Gasteiger charge is -2.12. The van der Waals surface area contributed by atoms with Crippen LogP contribution >= 0.6 is 0 Å². The van der Waals surface area contributed by atoms with Crippen LogP contribution in [0.4, 0.5) is 4.39 Å². The quantitative estimate of drug-likeness (QED) is 0.707. The second-order valence-electron chi connectivity index (χ2n) is 3.42. The largest absolute Gasteiger partial charge is 0.244 e. The summed E-state index contributed by atoms with van der Waals surface area (Å²) < 4.78 is 14.5. The average Bonchev–Trinajstić information content (AvgIpc) is 2.46. The first kappa shape index (κ1) is 9.65. The van der Waals surface area contributed by atoms with E-state index in [1.54, 1.807) is 0 Å². The molecule has 0 aliphatic heterocycles. The van der Waals surface area contributed by atoms with E-state index in [1.165, 1.54) is 24.7 Å². The van der Waals surface area contributed by atoms with Gasteiger partial charge in [0.1, 0.15) is 11.7 Å². The molecule has 0 fully saturated rings. The molecule has 0 atom stereocenters. The van der Waals surface area contributed by atoms with Gasteiger partial charge in [-0.25, -0.2) is 9.07 Å². The van der Waals surface area contributed by atoms with Gasteiger partial charge in [0.15, 0.2) is 5.69 Å². The molecule has 0 unspecified atom stereocenters. The van der Waals surface area contributed by atoms with Crippen LogP contribution in [0.15, 0.2) is 6.20 Å². The number of hydrogen-bond acceptors (Lipinski definition) is 3. The molecule has 1 aromatic rings. The molecule has 1 rings (SSSR count). The normalized spacial score (nSPS) is 11.2. The van der Waals surface area contributed by atoms with Crippen LogP contribution in [0.25, 0.3) is 0 Å². The number of rotatable bonds is 3. The lowest BCUT2D eigenvalue weighted by molar-refractivity contribution is 0.189. The number of aryl methyl sites for hydroxylation is 1. The molecule has 0 saturated heterocycles. The Hall–Kier alpha value is -1.44. The van der Waals surface area contributed by atoms with Crippen molar-refractivity contribution < 1.29 is 4.39 Å². The van der Waals surface area contributed by atoms with Crippen LogP contribution in [0.5, 0.6) is 0 Å². The van der Waals surface area contributed by atoms with Crippen LogP contribution in [-0.2, 0) is 6.54 Å². The minimum Gasteiger partial charge on any atom is -0.244 e. The zero-order valence-corrected chi connectivity index (χ0v) is 7.66. The molecule has 0 bridgehead atoms. The fraction of sp³-hybridized carbons (Fsp3) is 0.625. The second-order valence-corrected chi connectivity index (χ2v) is 3.42. The van der Waals surface area contributed by atoms with Gasteiger partial charge in [0, 0.05) is 13.0 Å². The molecule has 1 aromatic heterocycles. The standard InChI is InChI=1S/C8H11FN4/c1-8(2,9)3-4-13-7(5-10)6-11-12-13/h6H,3-4H2,1-2H3. The van der Waals surface area contributed by atoms with E-state index >= 15 is 0 Å². The van der Waals surface area contributed by atoms with Crippen molar-refractivity contribution in [2.75, 3.05) is 0 Å². The van der Waals surface area contributed by atoms with Gasteiger partial charge >= 0.3 is 0 Å². The van der Waals surface area contributed by atoms with Crippen LogP contribution < -0.4 is 0 Å². The number of halogens is 1. The van der Waals surface area contributed by atoms with Crippen LogP contribution in [-0.4, -0.2) is 20.7 Å². The van der Waals surface area contributed by atoms with Gasteiger partial charge in [-0.3, -0.25) is 0 Å². The van der Waals surface area contributed by atoms with E-state index in [2.05, 4.69) is 10.3 Å². The molecule has 0 radical (unpaired) electrons. The highest BCUT2D eigenvalue weighted by atomic mass is 19.1. The molecule has 0 aliphatic rings. The Morgan fingerprint density at radius 3 is 2.92 bits per heavy atom. The van der Waals surface area contributed by atoms with E-state index in [4.69, 9.17) is 5.26 Å². The van der Waals surface area contributed by atoms with Crippen LogP contribution in [0, 0.1) is 11.3 Å². The molecule has 0 spiro atoms. The third kappa shape index (κ3) is 2.82. The number of aromatic nitrogens is 3. The van der Waals surface area contributed by atoms with E-state index in [0.29, 0.717) is 18.7 Å². The van der Waals surface area contributed by atoms with Gasteiger partial charge in [-0.1, -0.05) is 5.21 Å². The summed E-state index contributed by atoms with van der Waals surface area (Å²) in [6, 6.07) is 1.93. The molecule has 0 N–H and O–H groups in total. The van der Waals surface area contributed by atoms with Gasteiger partial charge in [-0.05, 0) is 13.8 Å². The lowest BCUT2D eigenvalue weighted by Crippen LogP contribution is -2.16. The monoisotopic (exact) mass is 182 g/mol. The molecule has 13 heavy (non-hydrogen) atoms. The Balaban J connectivity index is 2.61. The first-order chi connectivity index (χ1) is 6.03. The lowest BCUT2D eigenvalue weighted by atomic mass is 10.1. The van der Waals surface area contributed by atoms with Gasteiger partial charge in [0.25, 0.3) is 0 Å². The first-order valence-corrected chi connectivity index (χ1v) is 4.00. The smallest absolute Gasteiger partial charge is 0.158 e. The van der Waals surface area contributed by atoms with Crippen LogP contribution in [0.2, 0.25) is 0 Å². The summed E-state index contributed by atoms with van der Waals surface area (Å²) in [6.07, 6.45) is 1.69. The minimum absolute atomic E-state index is 0.324. The van der Waals surface area contributed by atoms with Crippen molar-refractivity contribution in [3.05, 3.63) is 11.9 Å². The third-order valence-electron chi connectivity index (χ3n) is 1.65. The Bertz CT molecular complexity index is 318. The summed E-state index contributed by atoms with van der Waals surface area (Å²) in [6.45, 7) is 3.37. The van der Waals surface area contributed by atoms with E-state index in [9.17, 15) is 4.39 Å². The van der Waals surface area contributed by atoms with Crippen molar-refractivity contribution in [3.63, 3.8) is 0 Å². The van der Waals surface area contributed by atoms with Gasteiger partial charge < -0.3 is 0 Å². The van der Waals surface area contributed by atoms with Gasteiger partial charge in [0.2, 0.25) is 0 Å². The summed E-state index contributed by atoms with van der Waals surface area (Å²) >= 11 is 0. The molecule has 1 heterocycles.